The van der Waals surface area contributed by atoms with Gasteiger partial charge in [0, 0.05) is 11.8 Å². The van der Waals surface area contributed by atoms with Gasteiger partial charge in [-0.3, -0.25) is 4.79 Å². The summed E-state index contributed by atoms with van der Waals surface area (Å²) >= 11 is 10.7. The summed E-state index contributed by atoms with van der Waals surface area (Å²) in [6.07, 6.45) is 1.22. The number of halogens is 3. The molecule has 1 aromatic rings. The number of hydrogen-bond acceptors (Lipinski definition) is 2. The van der Waals surface area contributed by atoms with Crippen LogP contribution in [0.1, 0.15) is 16.1 Å². The van der Waals surface area contributed by atoms with E-state index in [2.05, 4.69) is 4.98 Å². The highest BCUT2D eigenvalue weighted by Crippen LogP contribution is 2.17. The van der Waals surface area contributed by atoms with E-state index in [1.807, 2.05) is 0 Å². The monoisotopic (exact) mass is 207 g/mol. The largest absolute Gasteiger partial charge is 0.274 e. The van der Waals surface area contributed by atoms with Gasteiger partial charge in [0.2, 0.25) is 0 Å². The molecule has 0 radical (unpaired) electrons. The number of aromatic nitrogens is 1. The standard InChI is InChI=1S/C7H4Cl2FNO/c8-5-1-4(2-10)3-11-6(5)7(9)12/h1,3H,2H2. The van der Waals surface area contributed by atoms with Gasteiger partial charge < -0.3 is 0 Å². The highest BCUT2D eigenvalue weighted by molar-refractivity contribution is 6.68. The van der Waals surface area contributed by atoms with E-state index in [1.165, 1.54) is 12.3 Å². The van der Waals surface area contributed by atoms with Crippen LogP contribution in [0.25, 0.3) is 0 Å². The predicted molar refractivity (Wildman–Crippen MR) is 44.2 cm³/mol. The summed E-state index contributed by atoms with van der Waals surface area (Å²) in [5.74, 6) is 0. The number of carbonyl (C=O) groups is 1. The molecular weight excluding hydrogens is 204 g/mol. The Balaban J connectivity index is 3.12. The Morgan fingerprint density at radius 3 is 2.75 bits per heavy atom. The van der Waals surface area contributed by atoms with Gasteiger partial charge in [0.05, 0.1) is 5.02 Å². The van der Waals surface area contributed by atoms with Crippen molar-refractivity contribution in [2.45, 2.75) is 6.67 Å². The van der Waals surface area contributed by atoms with Gasteiger partial charge in [-0.05, 0) is 17.7 Å². The molecule has 5 heteroatoms. The SMILES string of the molecule is O=C(Cl)c1ncc(CF)cc1Cl. The van der Waals surface area contributed by atoms with Crippen molar-refractivity contribution in [2.75, 3.05) is 0 Å². The van der Waals surface area contributed by atoms with Crippen LogP contribution in [0.2, 0.25) is 5.02 Å². The lowest BCUT2D eigenvalue weighted by atomic mass is 10.3. The van der Waals surface area contributed by atoms with Gasteiger partial charge in [-0.15, -0.1) is 0 Å². The van der Waals surface area contributed by atoms with Gasteiger partial charge in [0.15, 0.2) is 0 Å². The topological polar surface area (TPSA) is 30.0 Å². The Kier molecular flexibility index (Phi) is 3.00. The molecule has 0 saturated heterocycles. The molecule has 2 nitrogen and oxygen atoms in total. The third-order valence-corrected chi connectivity index (χ3v) is 1.71. The minimum absolute atomic E-state index is 0.0458. The lowest BCUT2D eigenvalue weighted by molar-refractivity contribution is 0.107. The van der Waals surface area contributed by atoms with E-state index < -0.39 is 11.9 Å². The van der Waals surface area contributed by atoms with E-state index in [4.69, 9.17) is 23.2 Å². The fourth-order valence-electron chi connectivity index (χ4n) is 0.695. The van der Waals surface area contributed by atoms with Crippen LogP contribution in [0, 0.1) is 0 Å². The molecule has 0 spiro atoms. The smallest absolute Gasteiger partial charge is 0.272 e. The summed E-state index contributed by atoms with van der Waals surface area (Å²) < 4.78 is 12.0. The van der Waals surface area contributed by atoms with Crippen molar-refractivity contribution >= 4 is 28.4 Å². The Bertz CT molecular complexity index is 316. The van der Waals surface area contributed by atoms with Gasteiger partial charge >= 0.3 is 0 Å². The van der Waals surface area contributed by atoms with Gasteiger partial charge in [0.1, 0.15) is 12.4 Å². The van der Waals surface area contributed by atoms with Gasteiger partial charge in [-0.2, -0.15) is 0 Å². The highest BCUT2D eigenvalue weighted by atomic mass is 35.5. The second-order valence-electron chi connectivity index (χ2n) is 2.08. The minimum Gasteiger partial charge on any atom is -0.274 e. The number of nitrogens with zero attached hydrogens (tertiary/aromatic N) is 1. The van der Waals surface area contributed by atoms with E-state index in [-0.39, 0.29) is 10.7 Å². The number of carbonyl (C=O) groups excluding carboxylic acids is 1. The molecule has 0 saturated carbocycles. The maximum atomic E-state index is 12.0. The van der Waals surface area contributed by atoms with Gasteiger partial charge in [-0.1, -0.05) is 11.6 Å². The molecule has 1 aromatic heterocycles. The van der Waals surface area contributed by atoms with Crippen molar-refractivity contribution in [3.05, 3.63) is 28.5 Å². The lowest BCUT2D eigenvalue weighted by Gasteiger charge is -1.98. The molecule has 0 atom stereocenters. The van der Waals surface area contributed by atoms with Gasteiger partial charge in [-0.25, -0.2) is 9.37 Å². The Morgan fingerprint density at radius 1 is 1.67 bits per heavy atom. The average Bonchev–Trinajstić information content (AvgIpc) is 2.03. The molecule has 0 bridgehead atoms. The Hall–Kier alpha value is -0.670. The van der Waals surface area contributed by atoms with E-state index in [9.17, 15) is 9.18 Å². The second-order valence-corrected chi connectivity index (χ2v) is 2.83. The van der Waals surface area contributed by atoms with Crippen molar-refractivity contribution in [1.29, 1.82) is 0 Å². The van der Waals surface area contributed by atoms with Crippen LogP contribution in [-0.2, 0) is 6.67 Å². The third kappa shape index (κ3) is 1.93. The third-order valence-electron chi connectivity index (χ3n) is 1.24. The molecule has 1 heterocycles. The van der Waals surface area contributed by atoms with Crippen LogP contribution < -0.4 is 0 Å². The summed E-state index contributed by atoms with van der Waals surface area (Å²) in [6, 6.07) is 1.32. The molecule has 0 N–H and O–H groups in total. The van der Waals surface area contributed by atoms with Gasteiger partial charge in [0.25, 0.3) is 5.24 Å². The minimum atomic E-state index is -0.745. The summed E-state index contributed by atoms with van der Waals surface area (Å²) in [6.45, 7) is -0.663. The zero-order valence-electron chi connectivity index (χ0n) is 5.85. The maximum Gasteiger partial charge on any atom is 0.272 e. The summed E-state index contributed by atoms with van der Waals surface area (Å²) in [7, 11) is 0. The van der Waals surface area contributed by atoms with Crippen LogP contribution >= 0.6 is 23.2 Å². The zero-order valence-corrected chi connectivity index (χ0v) is 7.36. The molecule has 12 heavy (non-hydrogen) atoms. The summed E-state index contributed by atoms with van der Waals surface area (Å²) in [5.41, 5.74) is 0.275. The maximum absolute atomic E-state index is 12.0. The molecule has 0 fully saturated rings. The molecule has 64 valence electrons. The second kappa shape index (κ2) is 3.83. The van der Waals surface area contributed by atoms with Crippen LogP contribution in [0.4, 0.5) is 4.39 Å². The molecular formula is C7H4Cl2FNO. The van der Waals surface area contributed by atoms with Crippen LogP contribution in [0.15, 0.2) is 12.3 Å². The average molecular weight is 208 g/mol. The molecule has 0 amide bonds. The normalized spacial score (nSPS) is 9.92. The molecule has 1 rings (SSSR count). The number of hydrogen-bond donors (Lipinski definition) is 0. The molecule has 0 aromatic carbocycles. The summed E-state index contributed by atoms with van der Waals surface area (Å²) in [4.78, 5) is 14.2. The first-order valence-electron chi connectivity index (χ1n) is 3.05. The first-order chi connectivity index (χ1) is 5.65. The first kappa shape index (κ1) is 9.42. The number of rotatable bonds is 2. The fraction of sp³-hybridized carbons (Fsp3) is 0.143. The van der Waals surface area contributed by atoms with Crippen LogP contribution in [0.5, 0.6) is 0 Å². The number of pyridine rings is 1. The fourth-order valence-corrected chi connectivity index (χ4v) is 1.17. The number of alkyl halides is 1. The molecule has 0 aliphatic carbocycles. The van der Waals surface area contributed by atoms with Crippen molar-refractivity contribution < 1.29 is 9.18 Å². The molecule has 0 aliphatic heterocycles. The zero-order chi connectivity index (χ0) is 9.14. The predicted octanol–water partition coefficient (Wildman–Crippen LogP) is 2.58. The Labute approximate surface area is 78.3 Å². The first-order valence-corrected chi connectivity index (χ1v) is 3.81. The van der Waals surface area contributed by atoms with E-state index in [0.29, 0.717) is 5.56 Å². The van der Waals surface area contributed by atoms with E-state index >= 15 is 0 Å². The van der Waals surface area contributed by atoms with Crippen molar-refractivity contribution in [1.82, 2.24) is 4.98 Å². The Morgan fingerprint density at radius 2 is 2.33 bits per heavy atom. The molecule has 0 unspecified atom stereocenters. The van der Waals surface area contributed by atoms with Crippen LogP contribution in [-0.4, -0.2) is 10.2 Å². The highest BCUT2D eigenvalue weighted by Gasteiger charge is 2.09. The quantitative estimate of drug-likeness (QED) is 0.699. The van der Waals surface area contributed by atoms with Crippen LogP contribution in [0.3, 0.4) is 0 Å². The lowest BCUT2D eigenvalue weighted by Crippen LogP contribution is -1.96. The van der Waals surface area contributed by atoms with Crippen molar-refractivity contribution in [3.8, 4) is 0 Å². The summed E-state index contributed by atoms with van der Waals surface area (Å²) in [5, 5.41) is -0.671. The van der Waals surface area contributed by atoms with E-state index in [0.717, 1.165) is 0 Å². The van der Waals surface area contributed by atoms with Crippen molar-refractivity contribution in [3.63, 3.8) is 0 Å². The van der Waals surface area contributed by atoms with Crippen molar-refractivity contribution in [2.24, 2.45) is 0 Å². The molecule has 0 aliphatic rings. The van der Waals surface area contributed by atoms with E-state index in [1.54, 1.807) is 0 Å².